The van der Waals surface area contributed by atoms with E-state index < -0.39 is 5.60 Å². The minimum Gasteiger partial charge on any atom is -0.481 e. The van der Waals surface area contributed by atoms with Crippen LogP contribution in [-0.4, -0.2) is 30.2 Å². The molecule has 5 heteroatoms. The fraction of sp³-hybridized carbons (Fsp3) is 0.667. The van der Waals surface area contributed by atoms with Gasteiger partial charge in [0.1, 0.15) is 5.60 Å². The molecule has 0 spiro atoms. The predicted molar refractivity (Wildman–Crippen MR) is 90.8 cm³/mol. The fourth-order valence-corrected chi connectivity index (χ4v) is 3.12. The molecule has 5 nitrogen and oxygen atoms in total. The molecule has 1 aliphatic rings. The van der Waals surface area contributed by atoms with E-state index in [2.05, 4.69) is 17.2 Å². The van der Waals surface area contributed by atoms with E-state index >= 15 is 0 Å². The number of carbonyl (C=O) groups excluding carboxylic acids is 1. The first-order valence-electron chi connectivity index (χ1n) is 8.57. The van der Waals surface area contributed by atoms with Gasteiger partial charge < -0.3 is 14.8 Å². The number of hydrogen-bond acceptors (Lipinski definition) is 4. The zero-order valence-corrected chi connectivity index (χ0v) is 14.5. The Hall–Kier alpha value is -1.62. The minimum absolute atomic E-state index is 0.0424. The van der Waals surface area contributed by atoms with Gasteiger partial charge in [-0.1, -0.05) is 32.6 Å². The molecular formula is C18H28N2O3. The quantitative estimate of drug-likeness (QED) is 0.809. The van der Waals surface area contributed by atoms with Crippen LogP contribution < -0.4 is 10.1 Å². The largest absolute Gasteiger partial charge is 0.481 e. The maximum Gasteiger partial charge on any atom is 0.256 e. The number of rotatable bonds is 6. The number of ether oxygens (including phenoxy) is 2. The predicted octanol–water partition coefficient (Wildman–Crippen LogP) is 3.86. The standard InChI is InChI=1S/C18H28N2O3/c1-4-11-23-18(9-7-5-6-8-10-18)17(21)20-15-12-14(2)16(22-3)19-13-15/h12-13H,4-11H2,1-3H3,(H,20,21). The number of carbonyl (C=O) groups is 1. The number of anilines is 1. The van der Waals surface area contributed by atoms with Crippen LogP contribution in [0.3, 0.4) is 0 Å². The van der Waals surface area contributed by atoms with Crippen molar-refractivity contribution in [2.24, 2.45) is 0 Å². The van der Waals surface area contributed by atoms with Gasteiger partial charge in [0, 0.05) is 12.2 Å². The average molecular weight is 320 g/mol. The van der Waals surface area contributed by atoms with Crippen LogP contribution in [0.2, 0.25) is 0 Å². The molecule has 0 unspecified atom stereocenters. The second-order valence-corrected chi connectivity index (χ2v) is 6.26. The molecule has 0 aromatic carbocycles. The Bertz CT molecular complexity index is 523. The monoisotopic (exact) mass is 320 g/mol. The van der Waals surface area contributed by atoms with Crippen molar-refractivity contribution in [3.63, 3.8) is 0 Å². The third-order valence-electron chi connectivity index (χ3n) is 4.39. The number of aromatic nitrogens is 1. The Balaban J connectivity index is 2.14. The lowest BCUT2D eigenvalue weighted by molar-refractivity contribution is -0.143. The van der Waals surface area contributed by atoms with Crippen LogP contribution in [0.25, 0.3) is 0 Å². The summed E-state index contributed by atoms with van der Waals surface area (Å²) in [6.07, 6.45) is 8.56. The van der Waals surface area contributed by atoms with E-state index in [-0.39, 0.29) is 5.91 Å². The Kier molecular flexibility index (Phi) is 6.39. The van der Waals surface area contributed by atoms with Gasteiger partial charge in [0.15, 0.2) is 0 Å². The van der Waals surface area contributed by atoms with Gasteiger partial charge in [-0.05, 0) is 32.3 Å². The van der Waals surface area contributed by atoms with Gasteiger partial charge in [0.2, 0.25) is 5.88 Å². The average Bonchev–Trinajstić information content (AvgIpc) is 2.80. The Morgan fingerprint density at radius 3 is 2.57 bits per heavy atom. The molecule has 0 aliphatic heterocycles. The third kappa shape index (κ3) is 4.44. The summed E-state index contributed by atoms with van der Waals surface area (Å²) >= 11 is 0. The van der Waals surface area contributed by atoms with Crippen molar-refractivity contribution in [1.29, 1.82) is 0 Å². The Morgan fingerprint density at radius 2 is 2.00 bits per heavy atom. The smallest absolute Gasteiger partial charge is 0.256 e. The van der Waals surface area contributed by atoms with Crippen molar-refractivity contribution in [3.05, 3.63) is 17.8 Å². The zero-order chi connectivity index (χ0) is 16.7. The van der Waals surface area contributed by atoms with E-state index in [1.54, 1.807) is 13.3 Å². The summed E-state index contributed by atoms with van der Waals surface area (Å²) in [7, 11) is 1.59. The summed E-state index contributed by atoms with van der Waals surface area (Å²) in [6, 6.07) is 1.88. The van der Waals surface area contributed by atoms with Crippen LogP contribution in [0, 0.1) is 6.92 Å². The van der Waals surface area contributed by atoms with Crippen LogP contribution in [0.4, 0.5) is 5.69 Å². The van der Waals surface area contributed by atoms with Crippen molar-refractivity contribution < 1.29 is 14.3 Å². The molecule has 23 heavy (non-hydrogen) atoms. The summed E-state index contributed by atoms with van der Waals surface area (Å²) in [4.78, 5) is 17.1. The van der Waals surface area contributed by atoms with Crippen molar-refractivity contribution in [2.75, 3.05) is 19.0 Å². The highest BCUT2D eigenvalue weighted by atomic mass is 16.5. The van der Waals surface area contributed by atoms with Crippen molar-refractivity contribution in [2.45, 2.75) is 64.4 Å². The molecule has 128 valence electrons. The SMILES string of the molecule is CCCOC1(C(=O)Nc2cnc(OC)c(C)c2)CCCCCC1. The maximum absolute atomic E-state index is 12.9. The van der Waals surface area contributed by atoms with E-state index in [0.717, 1.165) is 37.7 Å². The van der Waals surface area contributed by atoms with Crippen LogP contribution in [0.5, 0.6) is 5.88 Å². The lowest BCUT2D eigenvalue weighted by Crippen LogP contribution is -2.45. The van der Waals surface area contributed by atoms with Gasteiger partial charge in [-0.2, -0.15) is 0 Å². The highest BCUT2D eigenvalue weighted by molar-refractivity contribution is 5.97. The molecule has 0 radical (unpaired) electrons. The lowest BCUT2D eigenvalue weighted by atomic mass is 9.92. The molecule has 1 amide bonds. The number of nitrogens with one attached hydrogen (secondary N) is 1. The topological polar surface area (TPSA) is 60.5 Å². The molecule has 0 bridgehead atoms. The zero-order valence-electron chi connectivity index (χ0n) is 14.5. The minimum atomic E-state index is -0.694. The fourth-order valence-electron chi connectivity index (χ4n) is 3.12. The summed E-state index contributed by atoms with van der Waals surface area (Å²) in [5.74, 6) is 0.536. The number of aryl methyl sites for hydroxylation is 1. The molecule has 0 atom stereocenters. The molecule has 1 N–H and O–H groups in total. The first-order chi connectivity index (χ1) is 11.1. The van der Waals surface area contributed by atoms with Crippen LogP contribution in [0.1, 0.15) is 57.4 Å². The maximum atomic E-state index is 12.9. The van der Waals surface area contributed by atoms with Crippen LogP contribution in [0.15, 0.2) is 12.3 Å². The molecule has 1 aromatic heterocycles. The number of amides is 1. The van der Waals surface area contributed by atoms with Crippen molar-refractivity contribution in [3.8, 4) is 5.88 Å². The third-order valence-corrected chi connectivity index (χ3v) is 4.39. The van der Waals surface area contributed by atoms with Gasteiger partial charge in [-0.15, -0.1) is 0 Å². The highest BCUT2D eigenvalue weighted by Crippen LogP contribution is 2.32. The summed E-state index contributed by atoms with van der Waals surface area (Å²) in [6.45, 7) is 4.60. The van der Waals surface area contributed by atoms with Gasteiger partial charge in [-0.25, -0.2) is 4.98 Å². The molecule has 0 saturated heterocycles. The molecular weight excluding hydrogens is 292 g/mol. The van der Waals surface area contributed by atoms with Crippen molar-refractivity contribution >= 4 is 11.6 Å². The van der Waals surface area contributed by atoms with E-state index in [1.807, 2.05) is 13.0 Å². The van der Waals surface area contributed by atoms with Gasteiger partial charge in [0.05, 0.1) is 19.0 Å². The van der Waals surface area contributed by atoms with Crippen LogP contribution in [-0.2, 0) is 9.53 Å². The summed E-state index contributed by atoms with van der Waals surface area (Å²) in [5.41, 5.74) is 0.895. The van der Waals surface area contributed by atoms with Gasteiger partial charge in [0.25, 0.3) is 5.91 Å². The number of pyridine rings is 1. The number of nitrogens with zero attached hydrogens (tertiary/aromatic N) is 1. The Morgan fingerprint density at radius 1 is 1.30 bits per heavy atom. The first kappa shape index (κ1) is 17.7. The van der Waals surface area contributed by atoms with E-state index in [4.69, 9.17) is 9.47 Å². The normalized spacial score (nSPS) is 17.3. The molecule has 1 fully saturated rings. The second kappa shape index (κ2) is 8.29. The molecule has 1 aromatic rings. The first-order valence-corrected chi connectivity index (χ1v) is 8.57. The molecule has 1 saturated carbocycles. The van der Waals surface area contributed by atoms with Crippen LogP contribution >= 0.6 is 0 Å². The Labute approximate surface area is 138 Å². The van der Waals surface area contributed by atoms with E-state index in [9.17, 15) is 4.79 Å². The van der Waals surface area contributed by atoms with E-state index in [1.165, 1.54) is 12.8 Å². The van der Waals surface area contributed by atoms with Gasteiger partial charge >= 0.3 is 0 Å². The number of methoxy groups -OCH3 is 1. The lowest BCUT2D eigenvalue weighted by Gasteiger charge is -2.31. The highest BCUT2D eigenvalue weighted by Gasteiger charge is 2.39. The number of hydrogen-bond donors (Lipinski definition) is 1. The second-order valence-electron chi connectivity index (χ2n) is 6.26. The molecule has 2 rings (SSSR count). The molecule has 1 heterocycles. The van der Waals surface area contributed by atoms with Gasteiger partial charge in [-0.3, -0.25) is 4.79 Å². The summed E-state index contributed by atoms with van der Waals surface area (Å²) < 4.78 is 11.2. The van der Waals surface area contributed by atoms with Crippen molar-refractivity contribution in [1.82, 2.24) is 4.98 Å². The summed E-state index contributed by atoms with van der Waals surface area (Å²) in [5, 5.41) is 3.00. The van der Waals surface area contributed by atoms with E-state index in [0.29, 0.717) is 18.2 Å². The molecule has 1 aliphatic carbocycles.